The number of halogens is 1. The zero-order valence-electron chi connectivity index (χ0n) is 8.83. The van der Waals surface area contributed by atoms with Gasteiger partial charge in [-0.1, -0.05) is 11.6 Å². The molecule has 1 aromatic rings. The van der Waals surface area contributed by atoms with Crippen molar-refractivity contribution in [2.75, 3.05) is 36.8 Å². The maximum atomic E-state index is 9.07. The number of benzene rings is 1. The van der Waals surface area contributed by atoms with E-state index < -0.39 is 0 Å². The highest BCUT2D eigenvalue weighted by atomic mass is 35.5. The lowest BCUT2D eigenvalue weighted by atomic mass is 10.1. The largest absolute Gasteiger partial charge is 0.397 e. The van der Waals surface area contributed by atoms with Crippen molar-refractivity contribution in [2.24, 2.45) is 0 Å². The lowest BCUT2D eigenvalue weighted by molar-refractivity contribution is 0.589. The average Bonchev–Trinajstić information content (AvgIpc) is 2.33. The van der Waals surface area contributed by atoms with E-state index in [0.717, 1.165) is 31.9 Å². The van der Waals surface area contributed by atoms with Crippen LogP contribution in [-0.4, -0.2) is 26.2 Å². The second kappa shape index (κ2) is 4.60. The van der Waals surface area contributed by atoms with Crippen molar-refractivity contribution in [3.63, 3.8) is 0 Å². The number of anilines is 2. The van der Waals surface area contributed by atoms with Crippen LogP contribution in [0.4, 0.5) is 11.4 Å². The van der Waals surface area contributed by atoms with Crippen LogP contribution in [0.1, 0.15) is 5.56 Å². The molecule has 1 aromatic carbocycles. The SMILES string of the molecule is N#Cc1cc(Cl)c(N)cc1N1CCNCC1. The third-order valence-electron chi connectivity index (χ3n) is 2.69. The number of nitrogens with two attached hydrogens (primary N) is 1. The molecule has 2 rings (SSSR count). The molecular formula is C11H13ClN4. The van der Waals surface area contributed by atoms with E-state index in [9.17, 15) is 0 Å². The first-order valence-electron chi connectivity index (χ1n) is 5.17. The summed E-state index contributed by atoms with van der Waals surface area (Å²) in [6.45, 7) is 3.62. The summed E-state index contributed by atoms with van der Waals surface area (Å²) in [7, 11) is 0. The van der Waals surface area contributed by atoms with Crippen molar-refractivity contribution in [3.05, 3.63) is 22.7 Å². The molecule has 0 atom stereocenters. The van der Waals surface area contributed by atoms with Crippen molar-refractivity contribution < 1.29 is 0 Å². The number of nitrogen functional groups attached to an aromatic ring is 1. The van der Waals surface area contributed by atoms with Gasteiger partial charge in [0.2, 0.25) is 0 Å². The quantitative estimate of drug-likeness (QED) is 0.720. The first-order chi connectivity index (χ1) is 7.72. The van der Waals surface area contributed by atoms with Gasteiger partial charge in [-0.2, -0.15) is 5.26 Å². The van der Waals surface area contributed by atoms with Crippen LogP contribution in [0.15, 0.2) is 12.1 Å². The van der Waals surface area contributed by atoms with Gasteiger partial charge >= 0.3 is 0 Å². The Morgan fingerprint density at radius 2 is 2.06 bits per heavy atom. The Morgan fingerprint density at radius 3 is 2.69 bits per heavy atom. The molecule has 1 fully saturated rings. The van der Waals surface area contributed by atoms with E-state index in [2.05, 4.69) is 16.3 Å². The summed E-state index contributed by atoms with van der Waals surface area (Å²) in [5.74, 6) is 0. The molecule has 1 saturated heterocycles. The van der Waals surface area contributed by atoms with Crippen LogP contribution in [0.2, 0.25) is 5.02 Å². The lowest BCUT2D eigenvalue weighted by Crippen LogP contribution is -2.43. The fraction of sp³-hybridized carbons (Fsp3) is 0.364. The van der Waals surface area contributed by atoms with Crippen molar-refractivity contribution in [1.82, 2.24) is 5.32 Å². The Balaban J connectivity index is 2.38. The van der Waals surface area contributed by atoms with Crippen molar-refractivity contribution >= 4 is 23.0 Å². The Morgan fingerprint density at radius 1 is 1.38 bits per heavy atom. The van der Waals surface area contributed by atoms with Gasteiger partial charge in [-0.3, -0.25) is 0 Å². The summed E-state index contributed by atoms with van der Waals surface area (Å²) in [5, 5.41) is 12.8. The van der Waals surface area contributed by atoms with Crippen LogP contribution >= 0.6 is 11.6 Å². The zero-order valence-corrected chi connectivity index (χ0v) is 9.59. The number of rotatable bonds is 1. The van der Waals surface area contributed by atoms with E-state index in [4.69, 9.17) is 22.6 Å². The fourth-order valence-electron chi connectivity index (χ4n) is 1.83. The second-order valence-electron chi connectivity index (χ2n) is 3.74. The molecule has 0 saturated carbocycles. The molecule has 16 heavy (non-hydrogen) atoms. The lowest BCUT2D eigenvalue weighted by Gasteiger charge is -2.30. The van der Waals surface area contributed by atoms with E-state index in [1.54, 1.807) is 12.1 Å². The molecule has 1 aliphatic heterocycles. The predicted octanol–water partition coefficient (Wildman–Crippen LogP) is 1.20. The highest BCUT2D eigenvalue weighted by molar-refractivity contribution is 6.33. The van der Waals surface area contributed by atoms with Crippen molar-refractivity contribution in [1.29, 1.82) is 5.26 Å². The summed E-state index contributed by atoms with van der Waals surface area (Å²) < 4.78 is 0. The third-order valence-corrected chi connectivity index (χ3v) is 3.02. The summed E-state index contributed by atoms with van der Waals surface area (Å²) >= 11 is 5.90. The van der Waals surface area contributed by atoms with E-state index in [1.165, 1.54) is 0 Å². The van der Waals surface area contributed by atoms with Crippen LogP contribution in [0, 0.1) is 11.3 Å². The second-order valence-corrected chi connectivity index (χ2v) is 4.15. The number of hydrogen-bond acceptors (Lipinski definition) is 4. The minimum Gasteiger partial charge on any atom is -0.397 e. The van der Waals surface area contributed by atoms with Crippen LogP contribution in [0.25, 0.3) is 0 Å². The molecule has 0 bridgehead atoms. The van der Waals surface area contributed by atoms with Crippen LogP contribution in [0.5, 0.6) is 0 Å². The molecule has 5 heteroatoms. The minimum absolute atomic E-state index is 0.440. The van der Waals surface area contributed by atoms with Gasteiger partial charge in [-0.15, -0.1) is 0 Å². The normalized spacial score (nSPS) is 15.9. The van der Waals surface area contributed by atoms with Gasteiger partial charge in [0.1, 0.15) is 6.07 Å². The van der Waals surface area contributed by atoms with Gasteiger partial charge in [0, 0.05) is 26.2 Å². The highest BCUT2D eigenvalue weighted by Crippen LogP contribution is 2.29. The summed E-state index contributed by atoms with van der Waals surface area (Å²) in [6.07, 6.45) is 0. The van der Waals surface area contributed by atoms with Gasteiger partial charge < -0.3 is 16.0 Å². The molecule has 0 amide bonds. The molecule has 0 unspecified atom stereocenters. The molecule has 84 valence electrons. The number of piperazine rings is 1. The first-order valence-corrected chi connectivity index (χ1v) is 5.55. The van der Waals surface area contributed by atoms with Gasteiger partial charge in [0.25, 0.3) is 0 Å². The van der Waals surface area contributed by atoms with E-state index >= 15 is 0 Å². The smallest absolute Gasteiger partial charge is 0.101 e. The maximum Gasteiger partial charge on any atom is 0.101 e. The molecule has 3 N–H and O–H groups in total. The molecule has 0 spiro atoms. The van der Waals surface area contributed by atoms with Crippen molar-refractivity contribution in [3.8, 4) is 6.07 Å². The number of nitrogens with zero attached hydrogens (tertiary/aromatic N) is 2. The Kier molecular flexibility index (Phi) is 3.18. The first kappa shape index (κ1) is 11.1. The van der Waals surface area contributed by atoms with Gasteiger partial charge in [-0.05, 0) is 12.1 Å². The average molecular weight is 237 g/mol. The minimum atomic E-state index is 0.440. The van der Waals surface area contributed by atoms with E-state index in [-0.39, 0.29) is 0 Å². The highest BCUT2D eigenvalue weighted by Gasteiger charge is 2.15. The van der Waals surface area contributed by atoms with Crippen LogP contribution < -0.4 is 16.0 Å². The Labute approximate surface area is 99.6 Å². The topological polar surface area (TPSA) is 65.1 Å². The molecule has 4 nitrogen and oxygen atoms in total. The molecule has 0 radical (unpaired) electrons. The predicted molar refractivity (Wildman–Crippen MR) is 65.7 cm³/mol. The number of nitriles is 1. The van der Waals surface area contributed by atoms with Crippen LogP contribution in [0.3, 0.4) is 0 Å². The zero-order chi connectivity index (χ0) is 11.5. The number of nitrogens with one attached hydrogen (secondary N) is 1. The molecule has 1 heterocycles. The Hall–Kier alpha value is -1.44. The molecule has 0 aromatic heterocycles. The fourth-order valence-corrected chi connectivity index (χ4v) is 2.00. The van der Waals surface area contributed by atoms with E-state index in [0.29, 0.717) is 16.3 Å². The standard InChI is InChI=1S/C11H13ClN4/c12-9-5-8(7-13)11(6-10(9)14)16-3-1-15-2-4-16/h5-6,15H,1-4,14H2. The summed E-state index contributed by atoms with van der Waals surface area (Å²) in [4.78, 5) is 2.15. The number of hydrogen-bond donors (Lipinski definition) is 2. The van der Waals surface area contributed by atoms with E-state index in [1.807, 2.05) is 0 Å². The Bertz CT molecular complexity index is 432. The van der Waals surface area contributed by atoms with Crippen molar-refractivity contribution in [2.45, 2.75) is 0 Å². The van der Waals surface area contributed by atoms with Gasteiger partial charge in [-0.25, -0.2) is 0 Å². The van der Waals surface area contributed by atoms with Gasteiger partial charge in [0.15, 0.2) is 0 Å². The third kappa shape index (κ3) is 2.06. The molecule has 1 aliphatic rings. The summed E-state index contributed by atoms with van der Waals surface area (Å²) in [6, 6.07) is 5.58. The summed E-state index contributed by atoms with van der Waals surface area (Å²) in [5.41, 5.74) is 7.75. The molecular weight excluding hydrogens is 224 g/mol. The van der Waals surface area contributed by atoms with Gasteiger partial charge in [0.05, 0.1) is 22.0 Å². The monoisotopic (exact) mass is 236 g/mol. The molecule has 0 aliphatic carbocycles. The van der Waals surface area contributed by atoms with Crippen LogP contribution in [-0.2, 0) is 0 Å². The maximum absolute atomic E-state index is 9.07.